The van der Waals surface area contributed by atoms with Crippen LogP contribution in [0.2, 0.25) is 10.0 Å². The first-order valence-corrected chi connectivity index (χ1v) is 16.3. The van der Waals surface area contributed by atoms with Crippen LogP contribution in [-0.4, -0.2) is 97.3 Å². The fourth-order valence-corrected chi connectivity index (χ4v) is 7.84. The Morgan fingerprint density at radius 1 is 1.17 bits per heavy atom. The number of rotatable bonds is 10. The summed E-state index contributed by atoms with van der Waals surface area (Å²) in [5.74, 6) is -2.25. The number of halogens is 2. The normalized spacial score (nSPS) is 21.9. The minimum absolute atomic E-state index is 0.0302. The molecule has 0 radical (unpaired) electrons. The van der Waals surface area contributed by atoms with Crippen LogP contribution in [0.5, 0.6) is 0 Å². The number of sulfone groups is 1. The first-order chi connectivity index (χ1) is 21.8. The molecule has 3 heterocycles. The van der Waals surface area contributed by atoms with Crippen LogP contribution in [0.3, 0.4) is 0 Å². The number of oxime groups is 1. The first-order valence-electron chi connectivity index (χ1n) is 14.1. The van der Waals surface area contributed by atoms with Crippen LogP contribution in [0.25, 0.3) is 0 Å². The molecular formula is C28H31Cl2N7O8S. The summed E-state index contributed by atoms with van der Waals surface area (Å²) in [5.41, 5.74) is 5.47. The van der Waals surface area contributed by atoms with Crippen molar-refractivity contribution >= 4 is 62.7 Å². The van der Waals surface area contributed by atoms with Crippen molar-refractivity contribution in [1.82, 2.24) is 20.9 Å². The molecule has 2 amide bonds. The number of ether oxygens (including phenoxy) is 1. The molecule has 1 saturated heterocycles. The van der Waals surface area contributed by atoms with Gasteiger partial charge in [0, 0.05) is 25.9 Å². The zero-order valence-corrected chi connectivity index (χ0v) is 26.6. The zero-order valence-electron chi connectivity index (χ0n) is 24.2. The molecular weight excluding hydrogens is 665 g/mol. The number of benzene rings is 2. The number of nitrogens with two attached hydrogens (primary N) is 1. The van der Waals surface area contributed by atoms with Crippen LogP contribution in [-0.2, 0) is 35.6 Å². The Labute approximate surface area is 274 Å². The summed E-state index contributed by atoms with van der Waals surface area (Å²) in [4.78, 5) is 46.4. The van der Waals surface area contributed by atoms with Crippen molar-refractivity contribution in [1.29, 1.82) is 0 Å². The summed E-state index contributed by atoms with van der Waals surface area (Å²) in [5, 5.41) is 21.6. The summed E-state index contributed by atoms with van der Waals surface area (Å²) < 4.78 is 32.3. The van der Waals surface area contributed by atoms with Gasteiger partial charge in [0.25, 0.3) is 5.91 Å². The van der Waals surface area contributed by atoms with Gasteiger partial charge >= 0.3 is 12.1 Å². The van der Waals surface area contributed by atoms with E-state index in [4.69, 9.17) is 38.5 Å². The molecule has 3 aliphatic rings. The maximum atomic E-state index is 13.4. The molecule has 2 unspecified atom stereocenters. The fraction of sp³-hybridized carbons (Fsp3) is 0.393. The quantitative estimate of drug-likeness (QED) is 0.237. The standard InChI is InChI=1S/C28H31Cl2N7O8S/c29-19-7-4-8-20(30)22(19)46(42,43)28(31,24(39)40)15-35-23(38)21-12-27(45-36-21)11-18(13-34-25-32-9-10-33-25)37(16-27)26(41)44-14-17-5-2-1-3-6-17/h1-8,18H,9-16,31H2,(H,35,38)(H,39,40)(H2,32,33,34)/t18?,27?,28-/m0/s1. The molecule has 1 fully saturated rings. The molecule has 3 aliphatic heterocycles. The number of hydrogen-bond acceptors (Lipinski definition) is 12. The van der Waals surface area contributed by atoms with Crippen molar-refractivity contribution < 1.29 is 37.5 Å². The van der Waals surface area contributed by atoms with Gasteiger partial charge in [-0.05, 0) is 17.7 Å². The summed E-state index contributed by atoms with van der Waals surface area (Å²) in [6, 6.07) is 12.6. The predicted octanol–water partition coefficient (Wildman–Crippen LogP) is 1.10. The summed E-state index contributed by atoms with van der Waals surface area (Å²) in [6.45, 7) is 0.645. The largest absolute Gasteiger partial charge is 0.479 e. The van der Waals surface area contributed by atoms with Crippen molar-refractivity contribution in [3.63, 3.8) is 0 Å². The number of aliphatic carboxylic acids is 1. The zero-order chi connectivity index (χ0) is 33.1. The third-order valence-electron chi connectivity index (χ3n) is 7.77. The maximum Gasteiger partial charge on any atom is 0.410 e. The minimum atomic E-state index is -4.92. The highest BCUT2D eigenvalue weighted by Crippen LogP contribution is 2.38. The molecule has 1 spiro atoms. The third-order valence-corrected chi connectivity index (χ3v) is 10.9. The molecule has 15 nitrogen and oxygen atoms in total. The summed E-state index contributed by atoms with van der Waals surface area (Å²) in [6.07, 6.45) is -0.387. The van der Waals surface area contributed by atoms with Gasteiger partial charge in [-0.25, -0.2) is 18.0 Å². The van der Waals surface area contributed by atoms with E-state index in [2.05, 4.69) is 26.1 Å². The Balaban J connectivity index is 1.27. The Hall–Kier alpha value is -4.12. The van der Waals surface area contributed by atoms with Crippen molar-refractivity contribution in [3.8, 4) is 0 Å². The second kappa shape index (κ2) is 13.3. The number of carboxylic acids is 1. The van der Waals surface area contributed by atoms with Crippen LogP contribution in [0, 0.1) is 0 Å². The average molecular weight is 697 g/mol. The minimum Gasteiger partial charge on any atom is -0.479 e. The Kier molecular flexibility index (Phi) is 9.62. The number of hydrogen-bond donors (Lipinski definition) is 5. The van der Waals surface area contributed by atoms with Gasteiger partial charge in [-0.2, -0.15) is 0 Å². The van der Waals surface area contributed by atoms with Gasteiger partial charge < -0.3 is 36.4 Å². The van der Waals surface area contributed by atoms with Gasteiger partial charge in [-0.3, -0.25) is 14.7 Å². The van der Waals surface area contributed by atoms with Crippen molar-refractivity contribution in [2.75, 3.05) is 32.7 Å². The summed E-state index contributed by atoms with van der Waals surface area (Å²) >= 11 is 12.1. The molecule has 6 N–H and O–H groups in total. The van der Waals surface area contributed by atoms with Crippen LogP contribution in [0.4, 0.5) is 4.79 Å². The van der Waals surface area contributed by atoms with E-state index in [9.17, 15) is 27.9 Å². The van der Waals surface area contributed by atoms with Gasteiger partial charge in [0.15, 0.2) is 11.6 Å². The first kappa shape index (κ1) is 33.2. The number of carboxylic acid groups (broad SMARTS) is 1. The van der Waals surface area contributed by atoms with Gasteiger partial charge in [-0.15, -0.1) is 0 Å². The number of carbonyl (C=O) groups excluding carboxylic acids is 2. The lowest BCUT2D eigenvalue weighted by molar-refractivity contribution is -0.139. The molecule has 18 heteroatoms. The van der Waals surface area contributed by atoms with E-state index >= 15 is 0 Å². The number of guanidine groups is 1. The smallest absolute Gasteiger partial charge is 0.410 e. The van der Waals surface area contributed by atoms with Crippen LogP contribution >= 0.6 is 23.2 Å². The SMILES string of the molecule is N[C@](CNC(=O)C1=NOC2(C1)CC(CNC1=NCCN1)N(C(=O)OCc1ccccc1)C2)(C(=O)O)S(=O)(=O)c1c(Cl)cccc1Cl. The van der Waals surface area contributed by atoms with E-state index in [0.717, 1.165) is 5.56 Å². The van der Waals surface area contributed by atoms with Crippen molar-refractivity contribution in [3.05, 3.63) is 64.1 Å². The molecule has 2 aromatic carbocycles. The lowest BCUT2D eigenvalue weighted by Crippen LogP contribution is -2.61. The monoisotopic (exact) mass is 695 g/mol. The molecule has 246 valence electrons. The lowest BCUT2D eigenvalue weighted by Gasteiger charge is -2.26. The van der Waals surface area contributed by atoms with Gasteiger partial charge in [0.05, 0.1) is 35.7 Å². The van der Waals surface area contributed by atoms with E-state index in [-0.39, 0.29) is 41.8 Å². The number of aliphatic imine (C=N–C) groups is 1. The lowest BCUT2D eigenvalue weighted by atomic mass is 9.94. The highest BCUT2D eigenvalue weighted by atomic mass is 35.5. The topological polar surface area (TPSA) is 214 Å². The van der Waals surface area contributed by atoms with E-state index in [1.165, 1.54) is 23.1 Å². The van der Waals surface area contributed by atoms with Gasteiger partial charge in [-0.1, -0.05) is 64.8 Å². The van der Waals surface area contributed by atoms with E-state index in [1.807, 2.05) is 30.3 Å². The van der Waals surface area contributed by atoms with E-state index in [1.54, 1.807) is 0 Å². The number of nitrogens with one attached hydrogen (secondary N) is 3. The number of nitrogens with zero attached hydrogens (tertiary/aromatic N) is 3. The highest BCUT2D eigenvalue weighted by Gasteiger charge is 2.54. The van der Waals surface area contributed by atoms with Gasteiger partial charge in [0.1, 0.15) is 17.2 Å². The number of likely N-dealkylation sites (tertiary alicyclic amines) is 1. The molecule has 5 rings (SSSR count). The number of amides is 2. The molecule has 0 aromatic heterocycles. The molecule has 46 heavy (non-hydrogen) atoms. The van der Waals surface area contributed by atoms with Crippen LogP contribution in [0.1, 0.15) is 18.4 Å². The Morgan fingerprint density at radius 3 is 2.54 bits per heavy atom. The van der Waals surface area contributed by atoms with Crippen LogP contribution < -0.4 is 21.7 Å². The maximum absolute atomic E-state index is 13.4. The van der Waals surface area contributed by atoms with E-state index in [0.29, 0.717) is 25.6 Å². The third kappa shape index (κ3) is 6.70. The fourth-order valence-electron chi connectivity index (χ4n) is 5.33. The summed E-state index contributed by atoms with van der Waals surface area (Å²) in [7, 11) is -4.92. The molecule has 0 aliphatic carbocycles. The average Bonchev–Trinajstić information content (AvgIpc) is 3.78. The Bertz CT molecular complexity index is 1670. The van der Waals surface area contributed by atoms with Crippen molar-refractivity contribution in [2.45, 2.75) is 40.9 Å². The second-order valence-corrected chi connectivity index (χ2v) is 13.9. The molecule has 2 aromatic rings. The molecule has 0 saturated carbocycles. The van der Waals surface area contributed by atoms with Crippen LogP contribution in [0.15, 0.2) is 63.6 Å². The molecule has 0 bridgehead atoms. The Morgan fingerprint density at radius 2 is 1.89 bits per heavy atom. The molecule has 3 atom stereocenters. The van der Waals surface area contributed by atoms with E-state index < -0.39 is 55.8 Å². The second-order valence-electron chi connectivity index (χ2n) is 11.0. The van der Waals surface area contributed by atoms with Gasteiger partial charge in [0.2, 0.25) is 14.7 Å². The highest BCUT2D eigenvalue weighted by molar-refractivity contribution is 7.93. The number of carbonyl (C=O) groups is 3. The van der Waals surface area contributed by atoms with Crippen molar-refractivity contribution in [2.24, 2.45) is 15.9 Å². The predicted molar refractivity (Wildman–Crippen MR) is 167 cm³/mol.